The number of ether oxygens (including phenoxy) is 4. The van der Waals surface area contributed by atoms with Crippen LogP contribution in [0.3, 0.4) is 0 Å². The van der Waals surface area contributed by atoms with Crippen molar-refractivity contribution in [3.8, 4) is 11.5 Å². The molecule has 156 valence electrons. The van der Waals surface area contributed by atoms with Gasteiger partial charge in [-0.1, -0.05) is 0 Å². The number of likely N-dealkylation sites (tertiary alicyclic amines) is 1. The van der Waals surface area contributed by atoms with Crippen LogP contribution in [0.5, 0.6) is 11.5 Å². The van der Waals surface area contributed by atoms with Crippen molar-refractivity contribution in [3.05, 3.63) is 23.8 Å². The lowest BCUT2D eigenvalue weighted by Gasteiger charge is -2.34. The Morgan fingerprint density at radius 2 is 1.93 bits per heavy atom. The summed E-state index contributed by atoms with van der Waals surface area (Å²) in [6.07, 6.45) is 3.01. The Labute approximate surface area is 172 Å². The number of carbonyl (C=O) groups is 1. The van der Waals surface area contributed by atoms with Crippen molar-refractivity contribution >= 4 is 18.5 Å². The van der Waals surface area contributed by atoms with Crippen molar-refractivity contribution in [1.82, 2.24) is 9.80 Å². The van der Waals surface area contributed by atoms with E-state index in [1.165, 1.54) is 0 Å². The highest BCUT2D eigenvalue weighted by Gasteiger charge is 2.28. The van der Waals surface area contributed by atoms with Gasteiger partial charge in [-0.05, 0) is 56.5 Å². The molecule has 3 aliphatic rings. The smallest absolute Gasteiger partial charge is 0.415 e. The molecular weight excluding hydrogens is 384 g/mol. The summed E-state index contributed by atoms with van der Waals surface area (Å²) in [5.41, 5.74) is 1.00. The lowest BCUT2D eigenvalue weighted by Crippen LogP contribution is -2.41. The van der Waals surface area contributed by atoms with E-state index in [1.54, 1.807) is 18.1 Å². The number of amides is 1. The summed E-state index contributed by atoms with van der Waals surface area (Å²) in [4.78, 5) is 16.5. The predicted octanol–water partition coefficient (Wildman–Crippen LogP) is 2.91. The van der Waals surface area contributed by atoms with E-state index >= 15 is 0 Å². The first kappa shape index (κ1) is 21.2. The van der Waals surface area contributed by atoms with Crippen molar-refractivity contribution in [2.75, 3.05) is 46.5 Å². The van der Waals surface area contributed by atoms with Gasteiger partial charge in [-0.15, -0.1) is 12.4 Å². The minimum Gasteiger partial charge on any atom is -0.497 e. The van der Waals surface area contributed by atoms with Gasteiger partial charge < -0.3 is 23.8 Å². The number of benzene rings is 1. The standard InChI is InChI=1S/C20H28N2O5.ClH/c1-24-17-2-3-18-16(12-17)13-22(20(23)27-18)9-6-15-4-7-21(8-5-15)14-19-25-10-11-26-19;/h2-3,12,15,19H,4-11,13-14H2,1H3;1H. The van der Waals surface area contributed by atoms with Crippen LogP contribution in [0.2, 0.25) is 0 Å². The molecule has 0 bridgehead atoms. The van der Waals surface area contributed by atoms with Crippen LogP contribution in [0.1, 0.15) is 24.8 Å². The van der Waals surface area contributed by atoms with Crippen molar-refractivity contribution in [2.24, 2.45) is 5.92 Å². The summed E-state index contributed by atoms with van der Waals surface area (Å²) in [5.74, 6) is 2.07. The van der Waals surface area contributed by atoms with Gasteiger partial charge in [0.05, 0.1) is 26.9 Å². The maximum absolute atomic E-state index is 12.3. The SMILES string of the molecule is COc1ccc2c(c1)CN(CCC1CCN(CC3OCCO3)CC1)C(=O)O2.Cl. The quantitative estimate of drug-likeness (QED) is 0.716. The van der Waals surface area contributed by atoms with E-state index in [4.69, 9.17) is 18.9 Å². The summed E-state index contributed by atoms with van der Waals surface area (Å²) in [6.45, 7) is 5.74. The largest absolute Gasteiger partial charge is 0.497 e. The van der Waals surface area contributed by atoms with Crippen molar-refractivity contribution < 1.29 is 23.7 Å². The fourth-order valence-corrected chi connectivity index (χ4v) is 4.02. The highest BCUT2D eigenvalue weighted by molar-refractivity contribution is 5.85. The molecule has 0 saturated carbocycles. The second-order valence-electron chi connectivity index (χ2n) is 7.47. The minimum atomic E-state index is -0.249. The predicted molar refractivity (Wildman–Crippen MR) is 106 cm³/mol. The van der Waals surface area contributed by atoms with Gasteiger partial charge >= 0.3 is 6.09 Å². The van der Waals surface area contributed by atoms with Gasteiger partial charge in [0.25, 0.3) is 0 Å². The maximum Gasteiger partial charge on any atom is 0.415 e. The number of halogens is 1. The molecule has 0 aromatic heterocycles. The number of nitrogens with zero attached hydrogens (tertiary/aromatic N) is 2. The fraction of sp³-hybridized carbons (Fsp3) is 0.650. The summed E-state index contributed by atoms with van der Waals surface area (Å²) >= 11 is 0. The number of carbonyl (C=O) groups excluding carboxylic acids is 1. The Morgan fingerprint density at radius 1 is 1.18 bits per heavy atom. The number of rotatable bonds is 6. The molecule has 1 amide bonds. The van der Waals surface area contributed by atoms with Crippen molar-refractivity contribution in [3.63, 3.8) is 0 Å². The molecule has 0 aliphatic carbocycles. The highest BCUT2D eigenvalue weighted by Crippen LogP contribution is 2.30. The van der Waals surface area contributed by atoms with Crippen LogP contribution in [0.15, 0.2) is 18.2 Å². The molecule has 1 aromatic rings. The number of hydrogen-bond acceptors (Lipinski definition) is 6. The molecule has 0 atom stereocenters. The minimum absolute atomic E-state index is 0. The second-order valence-corrected chi connectivity index (χ2v) is 7.47. The Bertz CT molecular complexity index is 660. The third-order valence-electron chi connectivity index (χ3n) is 5.70. The lowest BCUT2D eigenvalue weighted by molar-refractivity contribution is -0.0662. The summed E-state index contributed by atoms with van der Waals surface area (Å²) in [7, 11) is 1.64. The Kier molecular flexibility index (Phi) is 7.40. The van der Waals surface area contributed by atoms with Crippen molar-refractivity contribution in [1.29, 1.82) is 0 Å². The molecule has 2 fully saturated rings. The van der Waals surface area contributed by atoms with E-state index < -0.39 is 0 Å². The van der Waals surface area contributed by atoms with Gasteiger partial charge in [0.1, 0.15) is 11.5 Å². The van der Waals surface area contributed by atoms with Gasteiger partial charge in [-0.3, -0.25) is 4.90 Å². The van der Waals surface area contributed by atoms with Crippen LogP contribution in [0, 0.1) is 5.92 Å². The third kappa shape index (κ3) is 5.08. The van der Waals surface area contributed by atoms with E-state index in [2.05, 4.69) is 4.90 Å². The van der Waals surface area contributed by atoms with E-state index in [0.29, 0.717) is 31.4 Å². The Hall–Kier alpha value is -1.54. The zero-order valence-electron chi connectivity index (χ0n) is 16.3. The molecular formula is C20H29ClN2O5. The summed E-state index contributed by atoms with van der Waals surface area (Å²) in [5, 5.41) is 0. The maximum atomic E-state index is 12.3. The van der Waals surface area contributed by atoms with Gasteiger partial charge in [0, 0.05) is 18.7 Å². The van der Waals surface area contributed by atoms with Crippen LogP contribution in [0.25, 0.3) is 0 Å². The average molecular weight is 413 g/mol. The molecule has 0 unspecified atom stereocenters. The van der Waals surface area contributed by atoms with E-state index in [-0.39, 0.29) is 24.8 Å². The second kappa shape index (κ2) is 9.78. The van der Waals surface area contributed by atoms with E-state index in [9.17, 15) is 4.79 Å². The van der Waals surface area contributed by atoms with Gasteiger partial charge in [-0.25, -0.2) is 4.79 Å². The Morgan fingerprint density at radius 3 is 2.64 bits per heavy atom. The first-order valence-electron chi connectivity index (χ1n) is 9.80. The van der Waals surface area contributed by atoms with E-state index in [0.717, 1.165) is 56.8 Å². The van der Waals surface area contributed by atoms with Crippen LogP contribution in [0.4, 0.5) is 4.79 Å². The monoisotopic (exact) mass is 412 g/mol. The number of methoxy groups -OCH3 is 1. The molecule has 3 aliphatic heterocycles. The van der Waals surface area contributed by atoms with Gasteiger partial charge in [0.15, 0.2) is 6.29 Å². The summed E-state index contributed by atoms with van der Waals surface area (Å²) < 4.78 is 21.8. The lowest BCUT2D eigenvalue weighted by atomic mass is 9.93. The molecule has 0 radical (unpaired) electrons. The van der Waals surface area contributed by atoms with Crippen LogP contribution in [-0.2, 0) is 16.0 Å². The van der Waals surface area contributed by atoms with Gasteiger partial charge in [-0.2, -0.15) is 0 Å². The van der Waals surface area contributed by atoms with Crippen LogP contribution < -0.4 is 9.47 Å². The topological polar surface area (TPSA) is 60.5 Å². The third-order valence-corrected chi connectivity index (χ3v) is 5.70. The average Bonchev–Trinajstić information content (AvgIpc) is 3.20. The molecule has 7 nitrogen and oxygen atoms in total. The van der Waals surface area contributed by atoms with Crippen LogP contribution >= 0.6 is 12.4 Å². The molecule has 0 N–H and O–H groups in total. The number of piperidine rings is 1. The highest BCUT2D eigenvalue weighted by atomic mass is 35.5. The molecule has 2 saturated heterocycles. The molecule has 3 heterocycles. The normalized spacial score (nSPS) is 21.2. The molecule has 8 heteroatoms. The number of fused-ring (bicyclic) bond motifs is 1. The molecule has 28 heavy (non-hydrogen) atoms. The summed E-state index contributed by atoms with van der Waals surface area (Å²) in [6, 6.07) is 5.56. The molecule has 1 aromatic carbocycles. The zero-order chi connectivity index (χ0) is 18.6. The number of hydrogen-bond donors (Lipinski definition) is 0. The molecule has 0 spiro atoms. The zero-order valence-corrected chi connectivity index (χ0v) is 17.1. The van der Waals surface area contributed by atoms with Crippen molar-refractivity contribution in [2.45, 2.75) is 32.1 Å². The first-order valence-corrected chi connectivity index (χ1v) is 9.80. The first-order chi connectivity index (χ1) is 13.2. The van der Waals surface area contributed by atoms with Crippen LogP contribution in [-0.4, -0.2) is 68.7 Å². The van der Waals surface area contributed by atoms with E-state index in [1.807, 2.05) is 12.1 Å². The molecule has 4 rings (SSSR count). The Balaban J connectivity index is 0.00000225. The fourth-order valence-electron chi connectivity index (χ4n) is 4.02. The van der Waals surface area contributed by atoms with Gasteiger partial charge in [0.2, 0.25) is 0 Å².